The summed E-state index contributed by atoms with van der Waals surface area (Å²) in [6.07, 6.45) is -5.29. The first-order chi connectivity index (χ1) is 11.0. The lowest BCUT2D eigenvalue weighted by Crippen LogP contribution is -2.10. The van der Waals surface area contributed by atoms with E-state index in [9.17, 15) is 45.2 Å². The highest BCUT2D eigenvalue weighted by atomic mass is 19.4. The first-order valence-electron chi connectivity index (χ1n) is 5.84. The molecule has 11 heteroatoms. The molecule has 3 nitrogen and oxygen atoms in total. The van der Waals surface area contributed by atoms with Crippen LogP contribution in [0.1, 0.15) is 5.56 Å². The van der Waals surface area contributed by atoms with E-state index in [1.807, 2.05) is 0 Å². The Hall–Kier alpha value is -2.72. The molecule has 0 heterocycles. The zero-order valence-electron chi connectivity index (χ0n) is 11.0. The predicted octanol–water partition coefficient (Wildman–Crippen LogP) is 4.98. The van der Waals surface area contributed by atoms with Gasteiger partial charge >= 0.3 is 6.18 Å². The fraction of sp³-hybridized carbons (Fsp3) is 0.0769. The molecule has 128 valence electrons. The van der Waals surface area contributed by atoms with Crippen molar-refractivity contribution in [1.29, 1.82) is 0 Å². The average Bonchev–Trinajstić information content (AvgIpc) is 2.50. The second-order valence-corrected chi connectivity index (χ2v) is 4.43. The predicted molar refractivity (Wildman–Crippen MR) is 63.3 cm³/mol. The van der Waals surface area contributed by atoms with Crippen LogP contribution in [0.4, 0.5) is 40.8 Å². The molecular weight excluding hydrogens is 354 g/mol. The van der Waals surface area contributed by atoms with Crippen molar-refractivity contribution >= 4 is 5.69 Å². The normalized spacial score (nSPS) is 11.7. The average molecular weight is 357 g/mol. The zero-order valence-corrected chi connectivity index (χ0v) is 11.0. The Morgan fingerprint density at radius 2 is 1.29 bits per heavy atom. The molecule has 0 unspecified atom stereocenters. The van der Waals surface area contributed by atoms with Gasteiger partial charge in [0.2, 0.25) is 5.82 Å². The number of nitrogens with zero attached hydrogens (tertiary/aromatic N) is 1. The SMILES string of the molecule is O=[N+]([O-])c1ccc(-c2c(F)c(F)c(F)c(F)c2F)cc1C(F)(F)F. The van der Waals surface area contributed by atoms with Crippen molar-refractivity contribution in [3.05, 3.63) is 63.0 Å². The number of benzene rings is 2. The maximum atomic E-state index is 13.6. The third-order valence-electron chi connectivity index (χ3n) is 3.00. The quantitative estimate of drug-likeness (QED) is 0.250. The highest BCUT2D eigenvalue weighted by Crippen LogP contribution is 2.40. The summed E-state index contributed by atoms with van der Waals surface area (Å²) in [5.74, 6) is -11.9. The maximum Gasteiger partial charge on any atom is 0.423 e. The first-order valence-corrected chi connectivity index (χ1v) is 5.84. The van der Waals surface area contributed by atoms with Crippen LogP contribution in [0.15, 0.2) is 18.2 Å². The molecule has 0 saturated carbocycles. The number of nitro groups is 1. The topological polar surface area (TPSA) is 43.1 Å². The summed E-state index contributed by atoms with van der Waals surface area (Å²) in [4.78, 5) is 9.19. The van der Waals surface area contributed by atoms with Crippen LogP contribution in [0, 0.1) is 39.2 Å². The van der Waals surface area contributed by atoms with Gasteiger partial charge in [-0.2, -0.15) is 13.2 Å². The molecule has 0 amide bonds. The van der Waals surface area contributed by atoms with Crippen LogP contribution < -0.4 is 0 Å². The number of rotatable bonds is 2. The molecule has 24 heavy (non-hydrogen) atoms. The summed E-state index contributed by atoms with van der Waals surface area (Å²) in [6, 6.07) is 0.651. The number of hydrogen-bond acceptors (Lipinski definition) is 2. The van der Waals surface area contributed by atoms with Crippen LogP contribution in [-0.2, 0) is 6.18 Å². The van der Waals surface area contributed by atoms with E-state index in [1.54, 1.807) is 0 Å². The van der Waals surface area contributed by atoms with Gasteiger partial charge in [-0.05, 0) is 17.7 Å². The van der Waals surface area contributed by atoms with E-state index in [2.05, 4.69) is 0 Å². The van der Waals surface area contributed by atoms with E-state index in [0.29, 0.717) is 6.07 Å². The van der Waals surface area contributed by atoms with Crippen molar-refractivity contribution in [3.8, 4) is 11.1 Å². The van der Waals surface area contributed by atoms with E-state index in [-0.39, 0.29) is 12.1 Å². The van der Waals surface area contributed by atoms with Crippen LogP contribution in [0.25, 0.3) is 11.1 Å². The standard InChI is InChI=1S/C13H3F8NO2/c14-8-7(9(15)11(17)12(18)10(8)16)4-1-2-6(22(23)24)5(3-4)13(19,20)21/h1-3H. The fourth-order valence-electron chi connectivity index (χ4n) is 1.94. The Morgan fingerprint density at radius 3 is 1.71 bits per heavy atom. The second kappa shape index (κ2) is 5.73. The maximum absolute atomic E-state index is 13.6. The molecule has 0 saturated heterocycles. The van der Waals surface area contributed by atoms with Crippen molar-refractivity contribution in [2.75, 3.05) is 0 Å². The molecule has 0 aliphatic rings. The molecule has 0 aliphatic carbocycles. The fourth-order valence-corrected chi connectivity index (χ4v) is 1.94. The van der Waals surface area contributed by atoms with Crippen LogP contribution in [-0.4, -0.2) is 4.92 Å². The molecule has 0 aliphatic heterocycles. The molecule has 0 aromatic heterocycles. The number of hydrogen-bond donors (Lipinski definition) is 0. The van der Waals surface area contributed by atoms with Gasteiger partial charge in [-0.15, -0.1) is 0 Å². The van der Waals surface area contributed by atoms with Crippen LogP contribution >= 0.6 is 0 Å². The van der Waals surface area contributed by atoms with Gasteiger partial charge < -0.3 is 0 Å². The number of alkyl halides is 3. The van der Waals surface area contributed by atoms with E-state index in [4.69, 9.17) is 0 Å². The van der Waals surface area contributed by atoms with Crippen LogP contribution in [0.3, 0.4) is 0 Å². The van der Waals surface area contributed by atoms with Crippen LogP contribution in [0.5, 0.6) is 0 Å². The smallest absolute Gasteiger partial charge is 0.258 e. The Labute approximate surface area is 127 Å². The van der Waals surface area contributed by atoms with Gasteiger partial charge in [0.25, 0.3) is 5.69 Å². The minimum atomic E-state index is -5.29. The van der Waals surface area contributed by atoms with Gasteiger partial charge in [-0.25, -0.2) is 22.0 Å². The van der Waals surface area contributed by atoms with E-state index >= 15 is 0 Å². The minimum absolute atomic E-state index is 0.0591. The molecule has 2 aromatic rings. The zero-order chi connectivity index (χ0) is 18.4. The van der Waals surface area contributed by atoms with Gasteiger partial charge in [0.1, 0.15) is 5.56 Å². The van der Waals surface area contributed by atoms with E-state index in [0.717, 1.165) is 0 Å². The summed E-state index contributed by atoms with van der Waals surface area (Å²) in [5.41, 5.74) is -6.00. The van der Waals surface area contributed by atoms with Crippen molar-refractivity contribution < 1.29 is 40.0 Å². The monoisotopic (exact) mass is 357 g/mol. The summed E-state index contributed by atoms with van der Waals surface area (Å²) in [7, 11) is 0. The molecule has 0 fully saturated rings. The molecule has 2 aromatic carbocycles. The van der Waals surface area contributed by atoms with Gasteiger partial charge in [0.05, 0.1) is 10.5 Å². The number of halogens is 8. The lowest BCUT2D eigenvalue weighted by atomic mass is 10.00. The Bertz CT molecular complexity index is 818. The highest BCUT2D eigenvalue weighted by Gasteiger charge is 2.39. The third-order valence-corrected chi connectivity index (χ3v) is 3.00. The van der Waals surface area contributed by atoms with Gasteiger partial charge in [0.15, 0.2) is 23.3 Å². The Kier molecular flexibility index (Phi) is 4.21. The summed E-state index contributed by atoms with van der Waals surface area (Å²) >= 11 is 0. The largest absolute Gasteiger partial charge is 0.423 e. The van der Waals surface area contributed by atoms with Gasteiger partial charge in [-0.3, -0.25) is 10.1 Å². The van der Waals surface area contributed by atoms with Gasteiger partial charge in [-0.1, -0.05) is 0 Å². The molecule has 0 radical (unpaired) electrons. The van der Waals surface area contributed by atoms with E-state index in [1.165, 1.54) is 0 Å². The van der Waals surface area contributed by atoms with Crippen molar-refractivity contribution in [1.82, 2.24) is 0 Å². The van der Waals surface area contributed by atoms with Gasteiger partial charge in [0, 0.05) is 6.07 Å². The molecule has 0 atom stereocenters. The lowest BCUT2D eigenvalue weighted by Gasteiger charge is -2.12. The molecular formula is C13H3F8NO2. The first kappa shape index (κ1) is 17.6. The lowest BCUT2D eigenvalue weighted by molar-refractivity contribution is -0.388. The highest BCUT2D eigenvalue weighted by molar-refractivity contribution is 5.68. The summed E-state index contributed by atoms with van der Waals surface area (Å²) in [6.45, 7) is 0. The Morgan fingerprint density at radius 1 is 0.833 bits per heavy atom. The number of nitro benzene ring substituents is 1. The Balaban J connectivity index is 2.83. The third kappa shape index (κ3) is 2.76. The second-order valence-electron chi connectivity index (χ2n) is 4.43. The summed E-state index contributed by atoms with van der Waals surface area (Å²) in [5, 5.41) is 10.6. The van der Waals surface area contributed by atoms with Crippen molar-refractivity contribution in [2.45, 2.75) is 6.18 Å². The molecule has 0 spiro atoms. The van der Waals surface area contributed by atoms with Crippen LogP contribution in [0.2, 0.25) is 0 Å². The molecule has 2 rings (SSSR count). The summed E-state index contributed by atoms with van der Waals surface area (Å²) < 4.78 is 105. The molecule has 0 N–H and O–H groups in total. The van der Waals surface area contributed by atoms with Crippen molar-refractivity contribution in [3.63, 3.8) is 0 Å². The van der Waals surface area contributed by atoms with E-state index < -0.39 is 62.6 Å². The van der Waals surface area contributed by atoms with Crippen molar-refractivity contribution in [2.24, 2.45) is 0 Å². The molecule has 0 bridgehead atoms. The minimum Gasteiger partial charge on any atom is -0.258 e.